The predicted octanol–water partition coefficient (Wildman–Crippen LogP) is 3.29. The van der Waals surface area contributed by atoms with Gasteiger partial charge in [0, 0.05) is 5.92 Å². The van der Waals surface area contributed by atoms with Crippen molar-refractivity contribution in [1.29, 1.82) is 0 Å². The number of carbonyl (C=O) groups excluding carboxylic acids is 1. The molecule has 0 saturated heterocycles. The van der Waals surface area contributed by atoms with Gasteiger partial charge in [0.05, 0.1) is 6.04 Å². The molecule has 0 aliphatic heterocycles. The molecular formula is C14H27NO. The summed E-state index contributed by atoms with van der Waals surface area (Å²) < 4.78 is 0. The van der Waals surface area contributed by atoms with Crippen LogP contribution in [0.4, 0.5) is 0 Å². The zero-order valence-electron chi connectivity index (χ0n) is 10.9. The van der Waals surface area contributed by atoms with Crippen LogP contribution in [0.2, 0.25) is 0 Å². The summed E-state index contributed by atoms with van der Waals surface area (Å²) in [6.07, 6.45) is 8.97. The first-order valence-corrected chi connectivity index (χ1v) is 6.98. The number of rotatable bonds is 6. The van der Waals surface area contributed by atoms with Crippen LogP contribution in [0.25, 0.3) is 0 Å². The van der Waals surface area contributed by atoms with Crippen LogP contribution in [0.5, 0.6) is 0 Å². The van der Waals surface area contributed by atoms with Gasteiger partial charge in [-0.15, -0.1) is 0 Å². The van der Waals surface area contributed by atoms with Crippen LogP contribution in [0, 0.1) is 11.8 Å². The van der Waals surface area contributed by atoms with Gasteiger partial charge in [-0.2, -0.15) is 0 Å². The van der Waals surface area contributed by atoms with E-state index in [9.17, 15) is 4.79 Å². The Morgan fingerprint density at radius 1 is 1.25 bits per heavy atom. The van der Waals surface area contributed by atoms with Gasteiger partial charge in [-0.3, -0.25) is 4.79 Å². The van der Waals surface area contributed by atoms with Gasteiger partial charge in [0.15, 0.2) is 5.78 Å². The van der Waals surface area contributed by atoms with Crippen molar-refractivity contribution in [3.63, 3.8) is 0 Å². The molecular weight excluding hydrogens is 198 g/mol. The predicted molar refractivity (Wildman–Crippen MR) is 68.2 cm³/mol. The van der Waals surface area contributed by atoms with Crippen molar-refractivity contribution in [3.05, 3.63) is 0 Å². The Morgan fingerprint density at radius 2 is 1.88 bits per heavy atom. The van der Waals surface area contributed by atoms with Crippen LogP contribution in [0.15, 0.2) is 0 Å². The van der Waals surface area contributed by atoms with Crippen molar-refractivity contribution in [2.24, 2.45) is 17.6 Å². The van der Waals surface area contributed by atoms with E-state index < -0.39 is 0 Å². The van der Waals surface area contributed by atoms with E-state index in [-0.39, 0.29) is 12.0 Å². The number of ketones is 1. The summed E-state index contributed by atoms with van der Waals surface area (Å²) in [5.41, 5.74) is 5.95. The Balaban J connectivity index is 2.32. The molecule has 0 spiro atoms. The van der Waals surface area contributed by atoms with Gasteiger partial charge in [-0.25, -0.2) is 0 Å². The number of hydrogen-bond acceptors (Lipinski definition) is 2. The molecule has 0 aromatic rings. The van der Waals surface area contributed by atoms with Gasteiger partial charge < -0.3 is 5.73 Å². The summed E-state index contributed by atoms with van der Waals surface area (Å²) in [4.78, 5) is 12.1. The van der Waals surface area contributed by atoms with Gasteiger partial charge in [0.25, 0.3) is 0 Å². The molecule has 1 rings (SSSR count). The van der Waals surface area contributed by atoms with Crippen LogP contribution in [0.3, 0.4) is 0 Å². The molecule has 0 radical (unpaired) electrons. The van der Waals surface area contributed by atoms with E-state index in [1.807, 2.05) is 0 Å². The Kier molecular flexibility index (Phi) is 6.04. The summed E-state index contributed by atoms with van der Waals surface area (Å²) in [6.45, 7) is 4.39. The first kappa shape index (κ1) is 13.7. The lowest BCUT2D eigenvalue weighted by Crippen LogP contribution is -2.37. The zero-order valence-corrected chi connectivity index (χ0v) is 10.9. The molecule has 1 aliphatic rings. The number of nitrogens with two attached hydrogens (primary N) is 1. The third-order valence-electron chi connectivity index (χ3n) is 4.06. The quantitative estimate of drug-likeness (QED) is 0.753. The fourth-order valence-electron chi connectivity index (χ4n) is 2.72. The summed E-state index contributed by atoms with van der Waals surface area (Å²) in [6, 6.07) is -0.192. The summed E-state index contributed by atoms with van der Waals surface area (Å²) in [5.74, 6) is 1.47. The second-order valence-corrected chi connectivity index (χ2v) is 5.28. The minimum absolute atomic E-state index is 0.192. The second kappa shape index (κ2) is 7.05. The third kappa shape index (κ3) is 3.89. The zero-order chi connectivity index (χ0) is 12.0. The molecule has 1 saturated carbocycles. The van der Waals surface area contributed by atoms with Crippen LogP contribution in [-0.4, -0.2) is 11.8 Å². The minimum atomic E-state index is -0.192. The molecule has 0 aromatic carbocycles. The average Bonchev–Trinajstić information content (AvgIpc) is 2.35. The monoisotopic (exact) mass is 225 g/mol. The van der Waals surface area contributed by atoms with E-state index in [0.29, 0.717) is 5.78 Å². The molecule has 94 valence electrons. The lowest BCUT2D eigenvalue weighted by Gasteiger charge is -2.28. The molecule has 1 atom stereocenters. The third-order valence-corrected chi connectivity index (χ3v) is 4.06. The topological polar surface area (TPSA) is 43.1 Å². The summed E-state index contributed by atoms with van der Waals surface area (Å²) >= 11 is 0. The Hall–Kier alpha value is -0.370. The highest BCUT2D eigenvalue weighted by Crippen LogP contribution is 2.31. The van der Waals surface area contributed by atoms with Crippen LogP contribution < -0.4 is 5.73 Å². The maximum Gasteiger partial charge on any atom is 0.152 e. The van der Waals surface area contributed by atoms with E-state index in [2.05, 4.69) is 13.8 Å². The SMILES string of the molecule is CCCCC(N)C(=O)C1CCC(CC)CC1. The highest BCUT2D eigenvalue weighted by Gasteiger charge is 2.28. The van der Waals surface area contributed by atoms with Crippen molar-refractivity contribution in [2.45, 2.75) is 71.3 Å². The maximum absolute atomic E-state index is 12.1. The number of unbranched alkanes of at least 4 members (excludes halogenated alkanes) is 1. The van der Waals surface area contributed by atoms with E-state index in [4.69, 9.17) is 5.73 Å². The van der Waals surface area contributed by atoms with Crippen molar-refractivity contribution < 1.29 is 4.79 Å². The molecule has 2 heteroatoms. The molecule has 16 heavy (non-hydrogen) atoms. The molecule has 0 bridgehead atoms. The van der Waals surface area contributed by atoms with Crippen molar-refractivity contribution in [3.8, 4) is 0 Å². The Bertz CT molecular complexity index is 207. The lowest BCUT2D eigenvalue weighted by molar-refractivity contribution is -0.125. The largest absolute Gasteiger partial charge is 0.321 e. The van der Waals surface area contributed by atoms with Gasteiger partial charge in [0.1, 0.15) is 0 Å². The van der Waals surface area contributed by atoms with Crippen molar-refractivity contribution in [1.82, 2.24) is 0 Å². The summed E-state index contributed by atoms with van der Waals surface area (Å²) in [7, 11) is 0. The number of hydrogen-bond donors (Lipinski definition) is 1. The van der Waals surface area contributed by atoms with E-state index in [1.165, 1.54) is 19.3 Å². The minimum Gasteiger partial charge on any atom is -0.321 e. The lowest BCUT2D eigenvalue weighted by atomic mass is 9.77. The molecule has 1 fully saturated rings. The summed E-state index contributed by atoms with van der Waals surface area (Å²) in [5, 5.41) is 0. The molecule has 0 amide bonds. The maximum atomic E-state index is 12.1. The van der Waals surface area contributed by atoms with Gasteiger partial charge >= 0.3 is 0 Å². The molecule has 1 aliphatic carbocycles. The molecule has 0 heterocycles. The Morgan fingerprint density at radius 3 is 2.38 bits per heavy atom. The second-order valence-electron chi connectivity index (χ2n) is 5.28. The molecule has 0 aromatic heterocycles. The van der Waals surface area contributed by atoms with Gasteiger partial charge in [0.2, 0.25) is 0 Å². The Labute approximate surface area is 100.0 Å². The highest BCUT2D eigenvalue weighted by atomic mass is 16.1. The van der Waals surface area contributed by atoms with Crippen molar-refractivity contribution in [2.75, 3.05) is 0 Å². The first-order valence-electron chi connectivity index (χ1n) is 6.98. The normalized spacial score (nSPS) is 27.7. The fourth-order valence-corrected chi connectivity index (χ4v) is 2.72. The molecule has 1 unspecified atom stereocenters. The van der Waals surface area contributed by atoms with Gasteiger partial charge in [-0.1, -0.05) is 33.1 Å². The highest BCUT2D eigenvalue weighted by molar-refractivity contribution is 5.86. The van der Waals surface area contributed by atoms with E-state index in [0.717, 1.165) is 38.0 Å². The van der Waals surface area contributed by atoms with E-state index >= 15 is 0 Å². The molecule has 2 N–H and O–H groups in total. The van der Waals surface area contributed by atoms with Gasteiger partial charge in [-0.05, 0) is 38.0 Å². The number of carbonyl (C=O) groups is 1. The van der Waals surface area contributed by atoms with Crippen LogP contribution >= 0.6 is 0 Å². The van der Waals surface area contributed by atoms with Crippen molar-refractivity contribution >= 4 is 5.78 Å². The molecule has 2 nitrogen and oxygen atoms in total. The van der Waals surface area contributed by atoms with Crippen LogP contribution in [0.1, 0.15) is 65.2 Å². The van der Waals surface area contributed by atoms with E-state index in [1.54, 1.807) is 0 Å². The first-order chi connectivity index (χ1) is 7.69. The average molecular weight is 225 g/mol. The standard InChI is InChI=1S/C14H27NO/c1-3-5-6-13(15)14(16)12-9-7-11(4-2)8-10-12/h11-13H,3-10,15H2,1-2H3. The van der Waals surface area contributed by atoms with Crippen LogP contribution in [-0.2, 0) is 4.79 Å². The number of Topliss-reactive ketones (excluding diaryl/α,β-unsaturated/α-hetero) is 1. The smallest absolute Gasteiger partial charge is 0.152 e. The fraction of sp³-hybridized carbons (Fsp3) is 0.929.